The highest BCUT2D eigenvalue weighted by molar-refractivity contribution is 5.35. The quantitative estimate of drug-likeness (QED) is 0.459. The molecule has 2 aliphatic heterocycles. The summed E-state index contributed by atoms with van der Waals surface area (Å²) in [5.41, 5.74) is -3.12. The maximum atomic E-state index is 13.3. The molecule has 0 saturated carbocycles. The number of alkyl halides is 6. The first kappa shape index (κ1) is 25.9. The lowest BCUT2D eigenvalue weighted by Gasteiger charge is -2.46. The Bertz CT molecular complexity index is 988. The highest BCUT2D eigenvalue weighted by Crippen LogP contribution is 2.40. The van der Waals surface area contributed by atoms with Crippen molar-refractivity contribution in [3.63, 3.8) is 0 Å². The second kappa shape index (κ2) is 9.36. The molecule has 2 heterocycles. The van der Waals surface area contributed by atoms with E-state index >= 15 is 0 Å². The van der Waals surface area contributed by atoms with Gasteiger partial charge in [0.2, 0.25) is 0 Å². The van der Waals surface area contributed by atoms with Crippen molar-refractivity contribution in [3.05, 3.63) is 70.8 Å². The first-order chi connectivity index (χ1) is 16.3. The molecule has 2 aromatic rings. The molecular weight excluding hydrogens is 476 g/mol. The molecule has 0 aromatic heterocycles. The minimum atomic E-state index is -4.92. The number of hydrogen-bond donors (Lipinski definition) is 4. The van der Waals surface area contributed by atoms with Gasteiger partial charge in [-0.1, -0.05) is 30.3 Å². The SMILES string of the molecule is CC(OC[C@@]1(c2ccccc2)CC[C@@]2(CNC(O)N2)CN1)c1cc(C(F)(F)F)cc(C(F)(F)F)c1. The van der Waals surface area contributed by atoms with Crippen molar-refractivity contribution >= 4 is 0 Å². The van der Waals surface area contributed by atoms with Gasteiger partial charge in [0, 0.05) is 18.6 Å². The summed E-state index contributed by atoms with van der Waals surface area (Å²) in [6.45, 7) is 2.50. The number of aliphatic hydroxyl groups is 1. The number of halogens is 6. The summed E-state index contributed by atoms with van der Waals surface area (Å²) in [6.07, 6.45) is -10.5. The zero-order valence-electron chi connectivity index (χ0n) is 18.9. The molecule has 35 heavy (non-hydrogen) atoms. The minimum Gasteiger partial charge on any atom is -0.372 e. The van der Waals surface area contributed by atoms with Crippen molar-refractivity contribution < 1.29 is 36.2 Å². The van der Waals surface area contributed by atoms with Crippen LogP contribution in [0.3, 0.4) is 0 Å². The second-order valence-electron chi connectivity index (χ2n) is 9.30. The topological polar surface area (TPSA) is 65.5 Å². The smallest absolute Gasteiger partial charge is 0.372 e. The Hall–Kier alpha value is -2.18. The number of benzene rings is 2. The van der Waals surface area contributed by atoms with Crippen molar-refractivity contribution in [1.29, 1.82) is 0 Å². The van der Waals surface area contributed by atoms with Gasteiger partial charge in [-0.25, -0.2) is 0 Å². The van der Waals surface area contributed by atoms with E-state index in [0.717, 1.165) is 5.56 Å². The van der Waals surface area contributed by atoms with Crippen molar-refractivity contribution in [2.24, 2.45) is 0 Å². The van der Waals surface area contributed by atoms with Crippen molar-refractivity contribution in [2.75, 3.05) is 19.7 Å². The standard InChI is InChI=1S/C24H27F6N3O2/c1-15(16-9-18(23(25,26)27)11-19(10-16)24(28,29)30)35-14-22(17-5-3-2-4-6-17)8-7-21(13-32-22)12-31-20(34)33-21/h2-6,9-11,15,20,31-34H,7-8,12-14H2,1H3/t15?,20?,21-,22-/m1/s1. The predicted octanol–water partition coefficient (Wildman–Crippen LogP) is 4.29. The fraction of sp³-hybridized carbons (Fsp3) is 0.500. The van der Waals surface area contributed by atoms with Crippen LogP contribution in [0, 0.1) is 0 Å². The third kappa shape index (κ3) is 5.64. The van der Waals surface area contributed by atoms with E-state index in [1.165, 1.54) is 6.92 Å². The first-order valence-electron chi connectivity index (χ1n) is 11.2. The van der Waals surface area contributed by atoms with Gasteiger partial charge in [-0.15, -0.1) is 0 Å². The molecule has 2 unspecified atom stereocenters. The summed E-state index contributed by atoms with van der Waals surface area (Å²) in [5, 5.41) is 19.4. The maximum Gasteiger partial charge on any atom is 0.416 e. The number of ether oxygens (including phenoxy) is 1. The molecule has 0 amide bonds. The molecule has 0 radical (unpaired) electrons. The van der Waals surface area contributed by atoms with Gasteiger partial charge in [0.05, 0.1) is 29.4 Å². The molecule has 2 aliphatic rings. The first-order valence-corrected chi connectivity index (χ1v) is 11.2. The molecule has 0 aliphatic carbocycles. The Morgan fingerprint density at radius 3 is 2.09 bits per heavy atom. The lowest BCUT2D eigenvalue weighted by Crippen LogP contribution is -2.63. The molecular formula is C24H27F6N3O2. The Labute approximate surface area is 198 Å². The number of aliphatic hydroxyl groups excluding tert-OH is 1. The molecule has 4 N–H and O–H groups in total. The fourth-order valence-corrected chi connectivity index (χ4v) is 4.71. The molecule has 2 saturated heterocycles. The molecule has 11 heteroatoms. The molecule has 2 fully saturated rings. The van der Waals surface area contributed by atoms with Crippen LogP contribution in [-0.2, 0) is 22.6 Å². The van der Waals surface area contributed by atoms with Crippen molar-refractivity contribution in [2.45, 2.75) is 55.7 Å². The monoisotopic (exact) mass is 503 g/mol. The lowest BCUT2D eigenvalue weighted by atomic mass is 9.76. The Balaban J connectivity index is 1.57. The van der Waals surface area contributed by atoms with Crippen LogP contribution < -0.4 is 16.0 Å². The van der Waals surface area contributed by atoms with Crippen LogP contribution in [0.5, 0.6) is 0 Å². The molecule has 4 rings (SSSR count). The largest absolute Gasteiger partial charge is 0.416 e. The van der Waals surface area contributed by atoms with Crippen LogP contribution in [0.1, 0.15) is 48.1 Å². The van der Waals surface area contributed by atoms with Crippen molar-refractivity contribution in [1.82, 2.24) is 16.0 Å². The average molecular weight is 503 g/mol. The predicted molar refractivity (Wildman–Crippen MR) is 116 cm³/mol. The van der Waals surface area contributed by atoms with E-state index in [2.05, 4.69) is 16.0 Å². The average Bonchev–Trinajstić information content (AvgIpc) is 3.18. The number of rotatable bonds is 5. The van der Waals surface area contributed by atoms with Gasteiger partial charge in [0.1, 0.15) is 0 Å². The minimum absolute atomic E-state index is 0.0296. The lowest BCUT2D eigenvalue weighted by molar-refractivity contribution is -0.143. The van der Waals surface area contributed by atoms with Crippen LogP contribution in [0.2, 0.25) is 0 Å². The molecule has 2 aromatic carbocycles. The third-order valence-corrected chi connectivity index (χ3v) is 6.86. The van der Waals surface area contributed by atoms with Crippen LogP contribution in [0.4, 0.5) is 26.3 Å². The van der Waals surface area contributed by atoms with E-state index in [1.807, 2.05) is 30.3 Å². The number of nitrogens with one attached hydrogen (secondary N) is 3. The van der Waals surface area contributed by atoms with Gasteiger partial charge in [0.15, 0.2) is 6.35 Å². The van der Waals surface area contributed by atoms with Gasteiger partial charge in [-0.05, 0) is 49.1 Å². The third-order valence-electron chi connectivity index (χ3n) is 6.86. The molecule has 1 spiro atoms. The summed E-state index contributed by atoms with van der Waals surface area (Å²) in [7, 11) is 0. The molecule has 5 nitrogen and oxygen atoms in total. The van der Waals surface area contributed by atoms with E-state index in [9.17, 15) is 31.4 Å². The van der Waals surface area contributed by atoms with Crippen LogP contribution in [-0.4, -0.2) is 36.7 Å². The van der Waals surface area contributed by atoms with E-state index in [4.69, 9.17) is 4.74 Å². The van der Waals surface area contributed by atoms with E-state index in [0.29, 0.717) is 38.1 Å². The number of hydrogen-bond acceptors (Lipinski definition) is 5. The van der Waals surface area contributed by atoms with E-state index in [1.54, 1.807) is 0 Å². The van der Waals surface area contributed by atoms with Gasteiger partial charge in [-0.2, -0.15) is 26.3 Å². The summed E-state index contributed by atoms with van der Waals surface area (Å²) in [5.74, 6) is 0. The summed E-state index contributed by atoms with van der Waals surface area (Å²) < 4.78 is 85.7. The zero-order chi connectivity index (χ0) is 25.5. The summed E-state index contributed by atoms with van der Waals surface area (Å²) in [4.78, 5) is 0. The van der Waals surface area contributed by atoms with Crippen LogP contribution >= 0.6 is 0 Å². The Kier molecular flexibility index (Phi) is 6.93. The van der Waals surface area contributed by atoms with Gasteiger partial charge in [-0.3, -0.25) is 10.6 Å². The highest BCUT2D eigenvalue weighted by Gasteiger charge is 2.47. The van der Waals surface area contributed by atoms with Crippen molar-refractivity contribution in [3.8, 4) is 0 Å². The summed E-state index contributed by atoms with van der Waals surface area (Å²) in [6, 6.07) is 10.9. The summed E-state index contributed by atoms with van der Waals surface area (Å²) >= 11 is 0. The van der Waals surface area contributed by atoms with Gasteiger partial charge >= 0.3 is 12.4 Å². The molecule has 0 bridgehead atoms. The Morgan fingerprint density at radius 2 is 1.60 bits per heavy atom. The maximum absolute atomic E-state index is 13.3. The zero-order valence-corrected chi connectivity index (χ0v) is 18.9. The van der Waals surface area contributed by atoms with Gasteiger partial charge in [0.25, 0.3) is 0 Å². The van der Waals surface area contributed by atoms with Crippen LogP contribution in [0.25, 0.3) is 0 Å². The van der Waals surface area contributed by atoms with E-state index < -0.39 is 41.5 Å². The normalized spacial score (nSPS) is 28.4. The second-order valence-corrected chi connectivity index (χ2v) is 9.30. The van der Waals surface area contributed by atoms with E-state index in [-0.39, 0.29) is 23.8 Å². The Morgan fingerprint density at radius 1 is 0.971 bits per heavy atom. The highest BCUT2D eigenvalue weighted by atomic mass is 19.4. The fourth-order valence-electron chi connectivity index (χ4n) is 4.71. The van der Waals surface area contributed by atoms with Crippen LogP contribution in [0.15, 0.2) is 48.5 Å². The molecule has 4 atom stereocenters. The van der Waals surface area contributed by atoms with Gasteiger partial charge < -0.3 is 15.2 Å². The molecule has 192 valence electrons. The number of piperidine rings is 1.